The van der Waals surface area contributed by atoms with E-state index < -0.39 is 27.9 Å². The molecule has 0 radical (unpaired) electrons. The highest BCUT2D eigenvalue weighted by Crippen LogP contribution is 2.57. The fourth-order valence-corrected chi connectivity index (χ4v) is 20.2. The van der Waals surface area contributed by atoms with Crippen LogP contribution in [0.25, 0.3) is 0 Å². The van der Waals surface area contributed by atoms with E-state index >= 15 is 0 Å². The van der Waals surface area contributed by atoms with Crippen molar-refractivity contribution >= 4 is 162 Å². The molecule has 4 heterocycles. The molecule has 21 heteroatoms. The highest BCUT2D eigenvalue weighted by Gasteiger charge is 2.66. The van der Waals surface area contributed by atoms with Crippen molar-refractivity contribution in [2.24, 2.45) is 0 Å². The van der Waals surface area contributed by atoms with Crippen LogP contribution in [0.2, 0.25) is 40.2 Å². The number of aliphatic hydroxyl groups is 1. The fraction of sp³-hybridized carbons (Fsp3) is 0.269. The molecule has 16 rings (SSSR count). The van der Waals surface area contributed by atoms with Gasteiger partial charge in [0, 0.05) is 91.2 Å². The lowest BCUT2D eigenvalue weighted by molar-refractivity contribution is -0.0140. The number of rotatable bonds is 20. The van der Waals surface area contributed by atoms with Gasteiger partial charge in [0.05, 0.1) is 40.3 Å². The molecule has 13 nitrogen and oxygen atoms in total. The van der Waals surface area contributed by atoms with Crippen molar-refractivity contribution in [3.8, 4) is 0 Å². The Kier molecular flexibility index (Phi) is 29.0. The van der Waals surface area contributed by atoms with Crippen LogP contribution in [-0.4, -0.2) is 51.4 Å². The van der Waals surface area contributed by atoms with Crippen LogP contribution >= 0.6 is 92.8 Å². The first-order valence-corrected chi connectivity index (χ1v) is 45.4. The molecular weight excluding hydrogens is 1720 g/mol. The van der Waals surface area contributed by atoms with Gasteiger partial charge < -0.3 is 5.11 Å². The average Bonchev–Trinajstić information content (AvgIpc) is 1.55. The Morgan fingerprint density at radius 3 is 0.712 bits per heavy atom. The molecule has 125 heavy (non-hydrogen) atoms. The summed E-state index contributed by atoms with van der Waals surface area (Å²) in [6, 6.07) is 91.3. The second-order valence-electron chi connectivity index (χ2n) is 33.6. The van der Waals surface area contributed by atoms with E-state index in [1.54, 1.807) is 41.3 Å². The van der Waals surface area contributed by atoms with E-state index in [0.29, 0.717) is 63.5 Å². The summed E-state index contributed by atoms with van der Waals surface area (Å²) in [6.07, 6.45) is 6.75. The number of carbonyl (C=O) groups is 4. The first kappa shape index (κ1) is 92.7. The Bertz CT molecular complexity index is 5380. The summed E-state index contributed by atoms with van der Waals surface area (Å²) >= 11 is 49.1. The highest BCUT2D eigenvalue weighted by atomic mass is 35.5. The third-order valence-electron chi connectivity index (χ3n) is 24.5. The second-order valence-corrected chi connectivity index (χ2v) is 37.1. The normalized spacial score (nSPS) is 21.6. The summed E-state index contributed by atoms with van der Waals surface area (Å²) in [4.78, 5) is 70.9. The molecule has 4 aliphatic rings. The van der Waals surface area contributed by atoms with Crippen molar-refractivity contribution in [3.63, 3.8) is 0 Å². The van der Waals surface area contributed by atoms with E-state index in [9.17, 15) is 24.3 Å². The average molecular weight is 1830 g/mol. The van der Waals surface area contributed by atoms with Gasteiger partial charge in [0.25, 0.3) is 0 Å². The maximum Gasteiger partial charge on any atom is 0.332 e. The molecule has 12 aromatic carbocycles. The van der Waals surface area contributed by atoms with Crippen LogP contribution in [-0.2, 0) is 5.72 Å². The Morgan fingerprint density at radius 2 is 0.480 bits per heavy atom. The zero-order chi connectivity index (χ0) is 89.6. The van der Waals surface area contributed by atoms with Crippen molar-refractivity contribution in [2.45, 2.75) is 180 Å². The minimum atomic E-state index is -1.63. The van der Waals surface area contributed by atoms with Gasteiger partial charge in [-0.25, -0.2) is 19.2 Å². The third-order valence-corrected chi connectivity index (χ3v) is 26.5. The lowest BCUT2D eigenvalue weighted by Crippen LogP contribution is -2.58. The van der Waals surface area contributed by atoms with Gasteiger partial charge in [-0.3, -0.25) is 39.2 Å². The molecule has 12 aromatic rings. The van der Waals surface area contributed by atoms with Gasteiger partial charge >= 0.3 is 24.1 Å². The quantitative estimate of drug-likeness (QED) is 0.0816. The number of urea groups is 4. The van der Waals surface area contributed by atoms with Crippen molar-refractivity contribution < 1.29 is 24.3 Å². The predicted molar refractivity (Wildman–Crippen MR) is 523 cm³/mol. The maximum atomic E-state index is 14.1. The Hall–Kier alpha value is -10.0. The molecule has 0 aromatic heterocycles. The lowest BCUT2D eigenvalue weighted by atomic mass is 9.78. The number of nitrogens with zero attached hydrogens (tertiary/aromatic N) is 8. The monoisotopic (exact) mass is 1820 g/mol. The summed E-state index contributed by atoms with van der Waals surface area (Å²) in [5, 5.41) is 17.6. The van der Waals surface area contributed by atoms with Gasteiger partial charge in [-0.2, -0.15) is 0 Å². The van der Waals surface area contributed by atoms with Crippen LogP contribution in [0.5, 0.6) is 0 Å². The van der Waals surface area contributed by atoms with Crippen molar-refractivity contribution in [1.82, 2.24) is 0 Å². The van der Waals surface area contributed by atoms with Crippen LogP contribution in [0.1, 0.15) is 169 Å². The predicted octanol–water partition coefficient (Wildman–Crippen LogP) is 31.3. The number of halogens is 8. The van der Waals surface area contributed by atoms with Crippen molar-refractivity contribution in [3.05, 3.63) is 376 Å². The zero-order valence-electron chi connectivity index (χ0n) is 72.3. The lowest BCUT2D eigenvalue weighted by Gasteiger charge is -2.45. The summed E-state index contributed by atoms with van der Waals surface area (Å²) < 4.78 is 0. The molecule has 0 saturated carbocycles. The molecule has 0 aliphatic carbocycles. The van der Waals surface area contributed by atoms with Gasteiger partial charge in [-0.1, -0.05) is 266 Å². The minimum absolute atomic E-state index is 0.0490. The van der Waals surface area contributed by atoms with Crippen LogP contribution in [0.4, 0.5) is 64.7 Å². The Balaban J connectivity index is 0.000000143. The molecule has 8 atom stereocenters. The van der Waals surface area contributed by atoms with Crippen LogP contribution in [0, 0.1) is 27.7 Å². The molecule has 0 bridgehead atoms. The largest absolute Gasteiger partial charge is 0.364 e. The first-order chi connectivity index (χ1) is 59.8. The van der Waals surface area contributed by atoms with Gasteiger partial charge in [-0.15, -0.1) is 0 Å². The first-order valence-electron chi connectivity index (χ1n) is 42.4. The fourth-order valence-electron chi connectivity index (χ4n) is 19.2. The maximum absolute atomic E-state index is 14.1. The standard InChI is InChI=1S/C26H26Cl2N2O2.3C26H26Cl2N2O/c1-4-16-25(3)26(32,19-7-5-6-18(2)17-19)30(23-14-10-21(28)11-15-23)24(31)29(25)22-12-8-20(27)9-13-22;3*1-4-16-26(3)24(19-7-5-6-18(2)17-19)29(22-12-8-20(27)9-13-22)25(31)30(26)23-14-10-21(28)11-15-23/h5-15,17,32H,4,16H2,1-3H3;3*5-15,17,24H,4,16H2,1-3H3/t25-,26?;24?,26-;24-,26+;24-,26-/m1101/s1. The van der Waals surface area contributed by atoms with E-state index in [2.05, 4.69) is 142 Å². The molecule has 4 fully saturated rings. The number of benzene rings is 12. The number of aryl methyl sites for hydroxylation is 4. The van der Waals surface area contributed by atoms with Crippen LogP contribution < -0.4 is 39.2 Å². The molecule has 0 spiro atoms. The topological polar surface area (TPSA) is 114 Å². The molecule has 4 saturated heterocycles. The van der Waals surface area contributed by atoms with Crippen molar-refractivity contribution in [1.29, 1.82) is 0 Å². The number of hydrogen-bond acceptors (Lipinski definition) is 5. The SMILES string of the molecule is CCC[C@@]1(C)N(c2ccc(Cl)cc2)C(=O)N(c2ccc(Cl)cc2)C1(O)c1cccc(C)c1.CCC[C@]1(C)C(c2cccc(C)c2)N(c2ccc(Cl)cc2)C(=O)N1c1ccc(Cl)cc1.CCC[C@]1(C)[C@@H](c2cccc(C)c2)N(c2ccc(Cl)cc2)C(=O)N1c1ccc(Cl)cc1.CCC[C@]1(C)[C@H](c2cccc(C)c2)N(c2ccc(Cl)cc2)C(=O)N1c1ccc(Cl)cc1. The molecule has 646 valence electrons. The smallest absolute Gasteiger partial charge is 0.332 e. The van der Waals surface area contributed by atoms with Gasteiger partial charge in [-0.05, 0) is 292 Å². The number of amides is 8. The highest BCUT2D eigenvalue weighted by molar-refractivity contribution is 6.33. The van der Waals surface area contributed by atoms with Gasteiger partial charge in [0.2, 0.25) is 0 Å². The van der Waals surface area contributed by atoms with Gasteiger partial charge in [0.15, 0.2) is 5.72 Å². The van der Waals surface area contributed by atoms with Crippen molar-refractivity contribution in [2.75, 3.05) is 39.2 Å². The van der Waals surface area contributed by atoms with E-state index in [1.807, 2.05) is 225 Å². The second kappa shape index (κ2) is 39.1. The number of anilines is 8. The van der Waals surface area contributed by atoms with E-state index in [1.165, 1.54) is 21.6 Å². The molecule has 2 unspecified atom stereocenters. The molecule has 1 N–H and O–H groups in total. The summed E-state index contributed by atoms with van der Waals surface area (Å²) in [7, 11) is 0. The summed E-state index contributed by atoms with van der Waals surface area (Å²) in [6.45, 7) is 25.3. The molecule has 4 aliphatic heterocycles. The zero-order valence-corrected chi connectivity index (χ0v) is 78.3. The summed E-state index contributed by atoms with van der Waals surface area (Å²) in [5.74, 6) is 0. The Labute approximate surface area is 776 Å². The Morgan fingerprint density at radius 1 is 0.264 bits per heavy atom. The number of carbonyl (C=O) groups excluding carboxylic acids is 4. The van der Waals surface area contributed by atoms with Crippen LogP contribution in [0.15, 0.2) is 291 Å². The van der Waals surface area contributed by atoms with E-state index in [0.717, 1.165) is 101 Å². The summed E-state index contributed by atoms with van der Waals surface area (Å²) in [5.41, 5.74) is 10.9. The van der Waals surface area contributed by atoms with E-state index in [4.69, 9.17) is 92.8 Å². The molecule has 8 amide bonds. The minimum Gasteiger partial charge on any atom is -0.364 e. The van der Waals surface area contributed by atoms with E-state index in [-0.39, 0.29) is 42.2 Å². The van der Waals surface area contributed by atoms with Gasteiger partial charge in [0.1, 0.15) is 0 Å². The third kappa shape index (κ3) is 18.6. The molecular formula is C104H104Cl8N8O5. The number of hydrogen-bond donors (Lipinski definition) is 1. The van der Waals surface area contributed by atoms with Crippen LogP contribution in [0.3, 0.4) is 0 Å².